The fraction of sp³-hybridized carbons (Fsp3) is 0.215. The number of benzene rings is 9. The largest absolute Gasteiger partial charge is 0.494 e. The van der Waals surface area contributed by atoms with Crippen molar-refractivity contribution < 1.29 is 57.1 Å². The van der Waals surface area contributed by atoms with Gasteiger partial charge < -0.3 is 115 Å². The van der Waals surface area contributed by atoms with Gasteiger partial charge in [-0.3, -0.25) is 29.0 Å². The summed E-state index contributed by atoms with van der Waals surface area (Å²) in [6.07, 6.45) is 18.6. The van der Waals surface area contributed by atoms with Gasteiger partial charge in [-0.2, -0.15) is 0 Å². The number of nitrogens with one attached hydrogen (secondary N) is 9. The Morgan fingerprint density at radius 1 is 0.262 bits per heavy atom. The van der Waals surface area contributed by atoms with Crippen LogP contribution in [-0.2, 0) is 9.47 Å². The molecule has 0 radical (unpaired) electrons. The number of carbonyl (C=O) groups is 5. The number of nitrogens with zero attached hydrogens (tertiary/aromatic N) is 12. The summed E-state index contributed by atoms with van der Waals surface area (Å²) in [6.45, 7) is 8.47. The Labute approximate surface area is 836 Å². The molecule has 0 aliphatic carbocycles. The average molecular weight is 1950 g/mol. The zero-order chi connectivity index (χ0) is 100. The molecule has 15 aromatic rings. The van der Waals surface area contributed by atoms with Crippen molar-refractivity contribution in [1.82, 2.24) is 54.8 Å². The lowest BCUT2D eigenvalue weighted by Crippen LogP contribution is -2.23. The molecule has 19 N–H and O–H groups in total. The predicted molar refractivity (Wildman–Crippen MR) is 562 cm³/mol. The molecule has 0 atom stereocenters. The van der Waals surface area contributed by atoms with Gasteiger partial charge in [-0.15, -0.1) is 0 Å². The first-order valence-electron chi connectivity index (χ1n) is 47.4. The first kappa shape index (κ1) is 99.8. The van der Waals surface area contributed by atoms with Crippen LogP contribution in [0.5, 0.6) is 28.7 Å². The SMILES string of the molecule is CN1CCCCOc2cccc(c2)-c2cnc(N)c(n2)C(=O)Nc2ccccc21.Nc1ncc2nc1C(=O)Nc1ccccc1NCCCCCOc1cccc-2c1.Nc1ncc2nc1C(=O)Nc1ccccc1NCCCOc1cccc-2c1.Nc1ncc2nc1C(=O)Nc1ccccc1NCCOCCOCCOc1cccc-2c1.Nc1ncc2nc1C(=O)Nc1cnccc1NCCCCOc1cccc-2c1. The highest BCUT2D eigenvalue weighted by Crippen LogP contribution is 2.35. The Morgan fingerprint density at radius 2 is 0.552 bits per heavy atom. The van der Waals surface area contributed by atoms with Crippen molar-refractivity contribution in [3.63, 3.8) is 0 Å². The van der Waals surface area contributed by atoms with Crippen LogP contribution >= 0.6 is 0 Å². The van der Waals surface area contributed by atoms with E-state index in [9.17, 15) is 24.0 Å². The summed E-state index contributed by atoms with van der Waals surface area (Å²) in [6, 6.07) is 69.7. The number of hydrogen-bond donors (Lipinski definition) is 14. The molecule has 0 unspecified atom stereocenters. The number of pyridine rings is 1. The molecule has 5 aliphatic rings. The minimum Gasteiger partial charge on any atom is -0.494 e. The summed E-state index contributed by atoms with van der Waals surface area (Å²) in [5.41, 5.74) is 44.2. The van der Waals surface area contributed by atoms with E-state index in [1.165, 1.54) is 6.20 Å². The molecule has 5 aliphatic heterocycles. The molecule has 6 aromatic heterocycles. The normalized spacial score (nSPS) is 14.5. The van der Waals surface area contributed by atoms with Crippen LogP contribution in [0.15, 0.2) is 268 Å². The molecule has 38 heteroatoms. The minimum absolute atomic E-state index is 0.0507. The van der Waals surface area contributed by atoms with E-state index >= 15 is 0 Å². The van der Waals surface area contributed by atoms with Crippen molar-refractivity contribution in [2.24, 2.45) is 0 Å². The topological polar surface area (TPSA) is 533 Å². The number of carbonyl (C=O) groups excluding carboxylic acids is 5. The lowest BCUT2D eigenvalue weighted by molar-refractivity contribution is 0.0395. The zero-order valence-corrected chi connectivity index (χ0v) is 79.6. The summed E-state index contributed by atoms with van der Waals surface area (Å²) < 4.78 is 40.3. The van der Waals surface area contributed by atoms with Gasteiger partial charge in [0, 0.05) is 73.8 Å². The van der Waals surface area contributed by atoms with Crippen LogP contribution in [0.25, 0.3) is 56.3 Å². The highest BCUT2D eigenvalue weighted by Gasteiger charge is 2.25. The number of nitrogen functional groups attached to an aromatic ring is 5. The van der Waals surface area contributed by atoms with Gasteiger partial charge in [0.05, 0.1) is 175 Å². The summed E-state index contributed by atoms with van der Waals surface area (Å²) in [4.78, 5) is 114. The summed E-state index contributed by atoms with van der Waals surface area (Å²) >= 11 is 0. The van der Waals surface area contributed by atoms with Gasteiger partial charge in [-0.25, -0.2) is 49.8 Å². The molecule has 20 bridgehead atoms. The van der Waals surface area contributed by atoms with E-state index < -0.39 is 29.5 Å². The maximum atomic E-state index is 13.0. The van der Waals surface area contributed by atoms with Crippen molar-refractivity contribution in [3.8, 4) is 85.0 Å². The van der Waals surface area contributed by atoms with Crippen molar-refractivity contribution in [2.75, 3.05) is 181 Å². The van der Waals surface area contributed by atoms with Gasteiger partial charge in [-0.05, 0) is 167 Å². The van der Waals surface area contributed by atoms with Crippen LogP contribution < -0.4 is 105 Å². The van der Waals surface area contributed by atoms with Crippen molar-refractivity contribution in [1.29, 1.82) is 0 Å². The Kier molecular flexibility index (Phi) is 34.5. The maximum absolute atomic E-state index is 13.0. The number of fused-ring (bicyclic) bond motifs is 30. The van der Waals surface area contributed by atoms with E-state index in [1.54, 1.807) is 43.2 Å². The molecule has 740 valence electrons. The second-order valence-corrected chi connectivity index (χ2v) is 33.4. The van der Waals surface area contributed by atoms with Crippen molar-refractivity contribution in [3.05, 3.63) is 296 Å². The third kappa shape index (κ3) is 27.7. The molecule has 0 spiro atoms. The summed E-state index contributed by atoms with van der Waals surface area (Å²) in [5.74, 6) is 1.98. The van der Waals surface area contributed by atoms with Gasteiger partial charge in [-0.1, -0.05) is 109 Å². The molecular weight excluding hydrogens is 1840 g/mol. The zero-order valence-electron chi connectivity index (χ0n) is 79.6. The molecule has 20 rings (SSSR count). The minimum atomic E-state index is -0.443. The van der Waals surface area contributed by atoms with Gasteiger partial charge in [0.1, 0.15) is 35.4 Å². The number of para-hydroxylation sites is 8. The number of ether oxygens (including phenoxy) is 7. The fourth-order valence-electron chi connectivity index (χ4n) is 15.5. The Bertz CT molecular complexity index is 7050. The van der Waals surface area contributed by atoms with Crippen molar-refractivity contribution >= 4 is 115 Å². The highest BCUT2D eigenvalue weighted by atomic mass is 16.5. The number of hydrogen-bond acceptors (Lipinski definition) is 33. The third-order valence-corrected chi connectivity index (χ3v) is 22.9. The monoisotopic (exact) mass is 1950 g/mol. The smallest absolute Gasteiger partial charge is 0.278 e. The van der Waals surface area contributed by atoms with E-state index in [2.05, 4.69) is 108 Å². The van der Waals surface area contributed by atoms with Gasteiger partial charge in [0.25, 0.3) is 29.5 Å². The van der Waals surface area contributed by atoms with Crippen molar-refractivity contribution in [2.45, 2.75) is 51.4 Å². The summed E-state index contributed by atoms with van der Waals surface area (Å²) in [5, 5.41) is 27.7. The molecule has 11 heterocycles. The molecule has 145 heavy (non-hydrogen) atoms. The lowest BCUT2D eigenvalue weighted by atomic mass is 10.1. The summed E-state index contributed by atoms with van der Waals surface area (Å²) in [7, 11) is 2.01. The molecule has 38 nitrogen and oxygen atoms in total. The standard InChI is InChI=1S/C23H25N5O4.2C22H23N5O2.C20H20N6O2.C20H19N5O2/c24-22-21-23(29)28-19-7-2-1-6-18(19)25-8-9-30-10-11-31-12-13-32-17-5-3-4-16(14-17)20(27-21)15-26-22;1-27-11-4-5-12-29-16-8-6-7-15(13-16)18-14-24-21(23)20(25-18)22(28)26-17-9-2-3-10-19(17)27;23-21-20-22(28)27-18-10-3-2-9-17(18)24-11-4-1-5-12-29-16-8-6-7-15(13-16)19(26-20)14-25-21;21-19-18-20(27)26-17-11-22-8-6-15(17)23-7-1-2-9-28-14-5-3-4-13(10-14)16(25-18)12-24-19;21-19-18-20(26)25-16-8-2-1-7-15(16)22-9-4-10-27-14-6-3-5-13(11-14)17(24-18)12-23-19/h1-7,14-15,25H,8-13H2,(H2,24,26)(H,28,29);2-3,6-10,13-14H,4-5,11-12H2,1H3,(H2,23,24)(H,26,28);2-3,6-10,13-14,24H,1,4-5,11-12H2,(H2,23,25)(H,27,28);3-6,8,10-12,23H,1-2,7,9H2,(H2,21,24)(H,26,27);1-3,5-8,11-12,22H,4,9-10H2,(H2,21,23)(H,25,26). The third-order valence-electron chi connectivity index (χ3n) is 22.9. The second-order valence-electron chi connectivity index (χ2n) is 33.4. The number of anilines is 15. The van der Waals surface area contributed by atoms with E-state index in [0.29, 0.717) is 135 Å². The molecule has 9 aromatic carbocycles. The maximum Gasteiger partial charge on any atom is 0.278 e. The first-order valence-corrected chi connectivity index (χ1v) is 47.4. The van der Waals surface area contributed by atoms with Crippen LogP contribution in [0.2, 0.25) is 0 Å². The fourth-order valence-corrected chi connectivity index (χ4v) is 15.5. The Balaban J connectivity index is 0.000000130. The predicted octanol–water partition coefficient (Wildman–Crippen LogP) is 16.5. The van der Waals surface area contributed by atoms with E-state index in [4.69, 9.17) is 61.8 Å². The van der Waals surface area contributed by atoms with Crippen LogP contribution in [0.3, 0.4) is 0 Å². The number of amides is 5. The van der Waals surface area contributed by atoms with Gasteiger partial charge >= 0.3 is 0 Å². The first-order chi connectivity index (χ1) is 70.9. The molecule has 0 saturated heterocycles. The average Bonchev–Trinajstić information content (AvgIpc) is 1.01. The van der Waals surface area contributed by atoms with E-state index in [-0.39, 0.29) is 57.6 Å². The molecular formula is C107H110N26O12. The number of aromatic nitrogens is 11. The van der Waals surface area contributed by atoms with Crippen LogP contribution in [0.1, 0.15) is 104 Å². The molecule has 0 fully saturated rings. The molecule has 5 amide bonds. The number of rotatable bonds is 0. The van der Waals surface area contributed by atoms with E-state index in [0.717, 1.165) is 150 Å². The Hall–Kier alpha value is -18.2. The Morgan fingerprint density at radius 3 is 0.945 bits per heavy atom. The lowest BCUT2D eigenvalue weighted by Gasteiger charge is -2.23. The van der Waals surface area contributed by atoms with Crippen LogP contribution in [0, 0.1) is 0 Å². The second kappa shape index (κ2) is 50.1. The quantitative estimate of drug-likeness (QED) is 0.0670. The molecule has 0 saturated carbocycles. The van der Waals surface area contributed by atoms with Gasteiger partial charge in [0.2, 0.25) is 0 Å². The van der Waals surface area contributed by atoms with Crippen LogP contribution in [-0.4, -0.2) is 184 Å². The van der Waals surface area contributed by atoms with Gasteiger partial charge in [0.15, 0.2) is 57.6 Å². The highest BCUT2D eigenvalue weighted by molar-refractivity contribution is 6.11. The van der Waals surface area contributed by atoms with Crippen LogP contribution in [0.4, 0.5) is 86.0 Å². The number of nitrogens with two attached hydrogens (primary N) is 5. The van der Waals surface area contributed by atoms with E-state index in [1.807, 2.05) is 225 Å².